The van der Waals surface area contributed by atoms with Crippen molar-refractivity contribution in [2.45, 2.75) is 25.4 Å². The van der Waals surface area contributed by atoms with Crippen molar-refractivity contribution in [2.24, 2.45) is 0 Å². The fourth-order valence-corrected chi connectivity index (χ4v) is 0.772. The largest absolute Gasteiger partial charge is 0.381 e. The van der Waals surface area contributed by atoms with Crippen LogP contribution in [0.4, 0.5) is 0 Å². The van der Waals surface area contributed by atoms with Crippen LogP contribution in [0.3, 0.4) is 0 Å². The molecule has 0 fully saturated rings. The highest BCUT2D eigenvalue weighted by atomic mass is 16.5. The maximum Gasteiger partial charge on any atom is 0.120 e. The van der Waals surface area contributed by atoms with Gasteiger partial charge in [-0.3, -0.25) is 0 Å². The highest BCUT2D eigenvalue weighted by Crippen LogP contribution is 2.04. The molecule has 0 rings (SSSR count). The van der Waals surface area contributed by atoms with E-state index in [0.717, 1.165) is 19.1 Å². The van der Waals surface area contributed by atoms with E-state index in [4.69, 9.17) is 4.74 Å². The van der Waals surface area contributed by atoms with E-state index in [2.05, 4.69) is 6.58 Å². The summed E-state index contributed by atoms with van der Waals surface area (Å²) in [5, 5.41) is 0. The lowest BCUT2D eigenvalue weighted by molar-refractivity contribution is -0.108. The van der Waals surface area contributed by atoms with Gasteiger partial charge in [-0.15, -0.1) is 6.58 Å². The number of hydrogen-bond donors (Lipinski definition) is 0. The Labute approximate surface area is 61.9 Å². The van der Waals surface area contributed by atoms with Crippen molar-refractivity contribution in [3.05, 3.63) is 12.7 Å². The monoisotopic (exact) mass is 142 g/mol. The Balaban J connectivity index is 3.38. The van der Waals surface area contributed by atoms with Crippen molar-refractivity contribution in [3.63, 3.8) is 0 Å². The van der Waals surface area contributed by atoms with Crippen molar-refractivity contribution >= 4 is 6.29 Å². The first kappa shape index (κ1) is 9.37. The smallest absolute Gasteiger partial charge is 0.120 e. The van der Waals surface area contributed by atoms with Gasteiger partial charge >= 0.3 is 0 Å². The summed E-state index contributed by atoms with van der Waals surface area (Å²) in [7, 11) is 1.65. The minimum absolute atomic E-state index is 0.169. The molecule has 0 amide bonds. The van der Waals surface area contributed by atoms with E-state index in [1.165, 1.54) is 0 Å². The van der Waals surface area contributed by atoms with Crippen LogP contribution in [0.5, 0.6) is 0 Å². The molecule has 0 radical (unpaired) electrons. The molecule has 1 unspecified atom stereocenters. The number of ether oxygens (including phenoxy) is 1. The maximum absolute atomic E-state index is 9.95. The predicted octanol–water partition coefficient (Wildman–Crippen LogP) is 1.56. The van der Waals surface area contributed by atoms with Gasteiger partial charge in [-0.25, -0.2) is 0 Å². The quantitative estimate of drug-likeness (QED) is 0.415. The number of carbonyl (C=O) groups is 1. The van der Waals surface area contributed by atoms with Gasteiger partial charge in [0.1, 0.15) is 6.29 Å². The van der Waals surface area contributed by atoms with E-state index in [1.807, 2.05) is 0 Å². The first-order valence-corrected chi connectivity index (χ1v) is 3.42. The molecule has 0 saturated carbocycles. The second-order valence-electron chi connectivity index (χ2n) is 2.13. The zero-order valence-corrected chi connectivity index (χ0v) is 6.38. The number of rotatable bonds is 6. The maximum atomic E-state index is 9.95. The van der Waals surface area contributed by atoms with Crippen molar-refractivity contribution in [2.75, 3.05) is 7.11 Å². The van der Waals surface area contributed by atoms with Gasteiger partial charge in [0.25, 0.3) is 0 Å². The van der Waals surface area contributed by atoms with Gasteiger partial charge in [0, 0.05) is 13.5 Å². The van der Waals surface area contributed by atoms with E-state index in [-0.39, 0.29) is 6.10 Å². The second kappa shape index (κ2) is 6.49. The zero-order chi connectivity index (χ0) is 7.82. The summed E-state index contributed by atoms with van der Waals surface area (Å²) in [4.78, 5) is 9.95. The SMILES string of the molecule is C=CCC(CCC=O)OC. The Morgan fingerprint density at radius 3 is 2.80 bits per heavy atom. The molecule has 2 heteroatoms. The van der Waals surface area contributed by atoms with E-state index in [0.29, 0.717) is 6.42 Å². The normalized spacial score (nSPS) is 12.5. The lowest BCUT2D eigenvalue weighted by Crippen LogP contribution is -2.08. The van der Waals surface area contributed by atoms with E-state index < -0.39 is 0 Å². The summed E-state index contributed by atoms with van der Waals surface area (Å²) in [6.45, 7) is 3.59. The van der Waals surface area contributed by atoms with Crippen LogP contribution in [-0.4, -0.2) is 19.5 Å². The van der Waals surface area contributed by atoms with Crippen molar-refractivity contribution in [1.29, 1.82) is 0 Å². The fraction of sp³-hybridized carbons (Fsp3) is 0.625. The van der Waals surface area contributed by atoms with Gasteiger partial charge in [-0.2, -0.15) is 0 Å². The highest BCUT2D eigenvalue weighted by Gasteiger charge is 2.02. The van der Waals surface area contributed by atoms with Gasteiger partial charge in [0.15, 0.2) is 0 Å². The molecule has 1 atom stereocenters. The van der Waals surface area contributed by atoms with Gasteiger partial charge < -0.3 is 9.53 Å². The first-order valence-electron chi connectivity index (χ1n) is 3.42. The summed E-state index contributed by atoms with van der Waals surface area (Å²) >= 11 is 0. The Morgan fingerprint density at radius 1 is 1.70 bits per heavy atom. The van der Waals surface area contributed by atoms with Crippen molar-refractivity contribution in [3.8, 4) is 0 Å². The molecule has 0 heterocycles. The zero-order valence-electron chi connectivity index (χ0n) is 6.38. The first-order chi connectivity index (χ1) is 4.85. The Hall–Kier alpha value is -0.630. The third-order valence-electron chi connectivity index (χ3n) is 1.37. The van der Waals surface area contributed by atoms with Crippen LogP contribution in [0.2, 0.25) is 0 Å². The lowest BCUT2D eigenvalue weighted by atomic mass is 10.1. The summed E-state index contributed by atoms with van der Waals surface area (Å²) in [6, 6.07) is 0. The fourth-order valence-electron chi connectivity index (χ4n) is 0.772. The van der Waals surface area contributed by atoms with E-state index in [1.54, 1.807) is 13.2 Å². The van der Waals surface area contributed by atoms with Gasteiger partial charge in [0.2, 0.25) is 0 Å². The van der Waals surface area contributed by atoms with Gasteiger partial charge in [-0.05, 0) is 12.8 Å². The van der Waals surface area contributed by atoms with Crippen molar-refractivity contribution in [1.82, 2.24) is 0 Å². The van der Waals surface area contributed by atoms with Crippen LogP contribution in [0.25, 0.3) is 0 Å². The van der Waals surface area contributed by atoms with Gasteiger partial charge in [0.05, 0.1) is 6.10 Å². The minimum Gasteiger partial charge on any atom is -0.381 e. The molecule has 0 N–H and O–H groups in total. The molecule has 2 nitrogen and oxygen atoms in total. The van der Waals surface area contributed by atoms with Gasteiger partial charge in [-0.1, -0.05) is 6.08 Å². The molecule has 0 spiro atoms. The standard InChI is InChI=1S/C8H14O2/c1-3-5-8(10-2)6-4-7-9/h3,7-8H,1,4-6H2,2H3. The van der Waals surface area contributed by atoms with Crippen LogP contribution in [0.15, 0.2) is 12.7 Å². The summed E-state index contributed by atoms with van der Waals surface area (Å²) in [5.41, 5.74) is 0. The second-order valence-corrected chi connectivity index (χ2v) is 2.13. The number of methoxy groups -OCH3 is 1. The van der Waals surface area contributed by atoms with Crippen LogP contribution >= 0.6 is 0 Å². The molecule has 0 saturated heterocycles. The molecule has 0 aliphatic carbocycles. The Kier molecular flexibility index (Phi) is 6.08. The molecule has 58 valence electrons. The molecular weight excluding hydrogens is 128 g/mol. The average molecular weight is 142 g/mol. The summed E-state index contributed by atoms with van der Waals surface area (Å²) in [5.74, 6) is 0. The van der Waals surface area contributed by atoms with Crippen LogP contribution in [0, 0.1) is 0 Å². The lowest BCUT2D eigenvalue weighted by Gasteiger charge is -2.09. The predicted molar refractivity (Wildman–Crippen MR) is 40.9 cm³/mol. The molecule has 10 heavy (non-hydrogen) atoms. The summed E-state index contributed by atoms with van der Waals surface area (Å²) in [6.07, 6.45) is 5.08. The third-order valence-corrected chi connectivity index (χ3v) is 1.37. The van der Waals surface area contributed by atoms with Crippen LogP contribution in [-0.2, 0) is 9.53 Å². The number of hydrogen-bond acceptors (Lipinski definition) is 2. The highest BCUT2D eigenvalue weighted by molar-refractivity contribution is 5.49. The Bertz CT molecular complexity index is 99.4. The molecule has 0 bridgehead atoms. The van der Waals surface area contributed by atoms with E-state index in [9.17, 15) is 4.79 Å². The van der Waals surface area contributed by atoms with Crippen LogP contribution in [0.1, 0.15) is 19.3 Å². The molecule has 0 aromatic carbocycles. The molecular formula is C8H14O2. The number of aldehydes is 1. The minimum atomic E-state index is 0.169. The molecule has 0 aliphatic rings. The van der Waals surface area contributed by atoms with E-state index >= 15 is 0 Å². The molecule has 0 aliphatic heterocycles. The van der Waals surface area contributed by atoms with Crippen molar-refractivity contribution < 1.29 is 9.53 Å². The average Bonchev–Trinajstić information content (AvgIpc) is 1.98. The topological polar surface area (TPSA) is 26.3 Å². The Morgan fingerprint density at radius 2 is 2.40 bits per heavy atom. The summed E-state index contributed by atoms with van der Waals surface area (Å²) < 4.78 is 5.06. The molecule has 0 aromatic heterocycles. The van der Waals surface area contributed by atoms with Crippen LogP contribution < -0.4 is 0 Å². The molecule has 0 aromatic rings. The number of carbonyl (C=O) groups excluding carboxylic acids is 1. The third kappa shape index (κ3) is 4.27.